The van der Waals surface area contributed by atoms with E-state index in [9.17, 15) is 0 Å². The number of rotatable bonds is 3. The molecule has 0 saturated carbocycles. The predicted octanol–water partition coefficient (Wildman–Crippen LogP) is 1.97. The smallest absolute Gasteiger partial charge is 0.0642 e. The third-order valence-electron chi connectivity index (χ3n) is 4.26. The molecule has 1 N–H and O–H groups in total. The van der Waals surface area contributed by atoms with Crippen LogP contribution in [0.25, 0.3) is 0 Å². The molecule has 0 aromatic heterocycles. The zero-order valence-corrected chi connectivity index (χ0v) is 13.4. The molecule has 1 aromatic rings. The molecule has 4 nitrogen and oxygen atoms in total. The van der Waals surface area contributed by atoms with E-state index < -0.39 is 0 Å². The third-order valence-corrected chi connectivity index (χ3v) is 4.61. The fourth-order valence-corrected chi connectivity index (χ4v) is 3.31. The van der Waals surface area contributed by atoms with Gasteiger partial charge in [0.05, 0.1) is 13.2 Å². The molecule has 1 aromatic carbocycles. The van der Waals surface area contributed by atoms with E-state index in [0.29, 0.717) is 6.04 Å². The number of hydrogen-bond donors (Lipinski definition) is 1. The van der Waals surface area contributed by atoms with E-state index in [-0.39, 0.29) is 0 Å². The number of anilines is 1. The van der Waals surface area contributed by atoms with E-state index in [1.54, 1.807) is 0 Å². The zero-order chi connectivity index (χ0) is 14.7. The Labute approximate surface area is 132 Å². The lowest BCUT2D eigenvalue weighted by atomic mass is 10.1. The van der Waals surface area contributed by atoms with Gasteiger partial charge in [-0.05, 0) is 24.6 Å². The molecule has 2 saturated heterocycles. The summed E-state index contributed by atoms with van der Waals surface area (Å²) in [5.74, 6) is 0. The second-order valence-corrected chi connectivity index (χ2v) is 6.37. The van der Waals surface area contributed by atoms with Crippen molar-refractivity contribution in [3.63, 3.8) is 0 Å². The summed E-state index contributed by atoms with van der Waals surface area (Å²) in [5.41, 5.74) is 2.43. The Morgan fingerprint density at radius 3 is 2.81 bits per heavy atom. The minimum absolute atomic E-state index is 0.560. The first-order valence-electron chi connectivity index (χ1n) is 7.79. The highest BCUT2D eigenvalue weighted by atomic mass is 35.5. The Morgan fingerprint density at radius 2 is 2.10 bits per heavy atom. The van der Waals surface area contributed by atoms with Crippen molar-refractivity contribution in [3.8, 4) is 0 Å². The lowest BCUT2D eigenvalue weighted by Crippen LogP contribution is -2.48. The molecule has 2 aliphatic rings. The van der Waals surface area contributed by atoms with Gasteiger partial charge in [0.1, 0.15) is 0 Å². The Balaban J connectivity index is 1.66. The molecule has 2 fully saturated rings. The number of piperazine rings is 1. The maximum Gasteiger partial charge on any atom is 0.0642 e. The number of hydrogen-bond acceptors (Lipinski definition) is 4. The average Bonchev–Trinajstić information content (AvgIpc) is 2.50. The first-order valence-corrected chi connectivity index (χ1v) is 8.17. The molecule has 0 radical (unpaired) electrons. The number of morpholine rings is 1. The van der Waals surface area contributed by atoms with Gasteiger partial charge in [-0.3, -0.25) is 4.90 Å². The van der Waals surface area contributed by atoms with Crippen LogP contribution in [0.3, 0.4) is 0 Å². The number of nitrogens with zero attached hydrogens (tertiary/aromatic N) is 2. The monoisotopic (exact) mass is 309 g/mol. The van der Waals surface area contributed by atoms with Crippen molar-refractivity contribution >= 4 is 17.3 Å². The van der Waals surface area contributed by atoms with Gasteiger partial charge >= 0.3 is 0 Å². The Morgan fingerprint density at radius 1 is 1.29 bits per heavy atom. The normalized spacial score (nSPS) is 24.3. The van der Waals surface area contributed by atoms with E-state index in [0.717, 1.165) is 57.5 Å². The first kappa shape index (κ1) is 15.1. The SMILES string of the molecule is CC1CN(Cc2ccc(N3CCOCC3)cc2Cl)CCN1. The Bertz CT molecular complexity index is 477. The van der Waals surface area contributed by atoms with Crippen LogP contribution < -0.4 is 10.2 Å². The summed E-state index contributed by atoms with van der Waals surface area (Å²) in [6.45, 7) is 9.91. The van der Waals surface area contributed by atoms with Gasteiger partial charge in [-0.1, -0.05) is 17.7 Å². The van der Waals surface area contributed by atoms with Gasteiger partial charge in [-0.25, -0.2) is 0 Å². The molecule has 0 spiro atoms. The van der Waals surface area contributed by atoms with Crippen LogP contribution in [0.15, 0.2) is 18.2 Å². The fourth-order valence-electron chi connectivity index (χ4n) is 3.08. The number of benzene rings is 1. The molecular formula is C16H24ClN3O. The second kappa shape index (κ2) is 6.97. The highest BCUT2D eigenvalue weighted by Crippen LogP contribution is 2.25. The molecule has 0 aliphatic carbocycles. The molecule has 0 amide bonds. The van der Waals surface area contributed by atoms with Crippen molar-refractivity contribution in [1.82, 2.24) is 10.2 Å². The lowest BCUT2D eigenvalue weighted by Gasteiger charge is -2.32. The summed E-state index contributed by atoms with van der Waals surface area (Å²) < 4.78 is 5.40. The van der Waals surface area contributed by atoms with Gasteiger partial charge in [0.2, 0.25) is 0 Å². The molecule has 0 bridgehead atoms. The maximum atomic E-state index is 6.50. The van der Waals surface area contributed by atoms with Gasteiger partial charge in [0, 0.05) is 56.0 Å². The van der Waals surface area contributed by atoms with Crippen molar-refractivity contribution in [2.24, 2.45) is 0 Å². The molecule has 21 heavy (non-hydrogen) atoms. The fraction of sp³-hybridized carbons (Fsp3) is 0.625. The van der Waals surface area contributed by atoms with Crippen LogP contribution in [0, 0.1) is 0 Å². The van der Waals surface area contributed by atoms with Crippen LogP contribution in [0.1, 0.15) is 12.5 Å². The summed E-state index contributed by atoms with van der Waals surface area (Å²) in [5, 5.41) is 4.35. The molecule has 5 heteroatoms. The number of halogens is 1. The van der Waals surface area contributed by atoms with Crippen LogP contribution in [0.2, 0.25) is 5.02 Å². The lowest BCUT2D eigenvalue weighted by molar-refractivity contribution is 0.122. The summed E-state index contributed by atoms with van der Waals surface area (Å²) >= 11 is 6.50. The topological polar surface area (TPSA) is 27.7 Å². The standard InChI is InChI=1S/C16H24ClN3O/c1-13-11-19(5-4-18-13)12-14-2-3-15(10-16(14)17)20-6-8-21-9-7-20/h2-3,10,13,18H,4-9,11-12H2,1H3. The summed E-state index contributed by atoms with van der Waals surface area (Å²) in [4.78, 5) is 4.81. The zero-order valence-electron chi connectivity index (χ0n) is 12.6. The minimum atomic E-state index is 0.560. The van der Waals surface area contributed by atoms with E-state index in [4.69, 9.17) is 16.3 Å². The van der Waals surface area contributed by atoms with Gasteiger partial charge < -0.3 is 15.0 Å². The quantitative estimate of drug-likeness (QED) is 0.924. The highest BCUT2D eigenvalue weighted by molar-refractivity contribution is 6.31. The summed E-state index contributed by atoms with van der Waals surface area (Å²) in [6, 6.07) is 7.04. The van der Waals surface area contributed by atoms with Crippen LogP contribution in [0.4, 0.5) is 5.69 Å². The van der Waals surface area contributed by atoms with E-state index in [1.807, 2.05) is 0 Å². The van der Waals surface area contributed by atoms with Gasteiger partial charge in [-0.15, -0.1) is 0 Å². The van der Waals surface area contributed by atoms with Crippen molar-refractivity contribution in [1.29, 1.82) is 0 Å². The van der Waals surface area contributed by atoms with Crippen molar-refractivity contribution < 1.29 is 4.74 Å². The first-order chi connectivity index (χ1) is 10.2. The van der Waals surface area contributed by atoms with E-state index in [1.165, 1.54) is 11.3 Å². The predicted molar refractivity (Wildman–Crippen MR) is 87.2 cm³/mol. The third kappa shape index (κ3) is 3.89. The maximum absolute atomic E-state index is 6.50. The average molecular weight is 310 g/mol. The highest BCUT2D eigenvalue weighted by Gasteiger charge is 2.17. The van der Waals surface area contributed by atoms with Crippen molar-refractivity contribution in [2.75, 3.05) is 50.8 Å². The van der Waals surface area contributed by atoms with Gasteiger partial charge in [0.25, 0.3) is 0 Å². The molecule has 1 atom stereocenters. The molecule has 2 aliphatic heterocycles. The minimum Gasteiger partial charge on any atom is -0.378 e. The molecule has 116 valence electrons. The van der Waals surface area contributed by atoms with Crippen LogP contribution in [-0.4, -0.2) is 56.9 Å². The molecule has 1 unspecified atom stereocenters. The van der Waals surface area contributed by atoms with Crippen molar-refractivity contribution in [3.05, 3.63) is 28.8 Å². The van der Waals surface area contributed by atoms with E-state index >= 15 is 0 Å². The summed E-state index contributed by atoms with van der Waals surface area (Å²) in [7, 11) is 0. The molecule has 3 rings (SSSR count). The number of ether oxygens (including phenoxy) is 1. The van der Waals surface area contributed by atoms with Crippen molar-refractivity contribution in [2.45, 2.75) is 19.5 Å². The van der Waals surface area contributed by atoms with Gasteiger partial charge in [-0.2, -0.15) is 0 Å². The summed E-state index contributed by atoms with van der Waals surface area (Å²) in [6.07, 6.45) is 0. The van der Waals surface area contributed by atoms with Crippen LogP contribution in [0.5, 0.6) is 0 Å². The van der Waals surface area contributed by atoms with E-state index in [2.05, 4.69) is 40.2 Å². The van der Waals surface area contributed by atoms with Crippen LogP contribution in [-0.2, 0) is 11.3 Å². The largest absolute Gasteiger partial charge is 0.378 e. The molecule has 2 heterocycles. The van der Waals surface area contributed by atoms with Crippen LogP contribution >= 0.6 is 11.6 Å². The Kier molecular flexibility index (Phi) is 5.01. The van der Waals surface area contributed by atoms with Gasteiger partial charge in [0.15, 0.2) is 0 Å². The number of nitrogens with one attached hydrogen (secondary N) is 1. The molecular weight excluding hydrogens is 286 g/mol. The second-order valence-electron chi connectivity index (χ2n) is 5.97. The Hall–Kier alpha value is -0.810.